The molecule has 0 aliphatic carbocycles. The van der Waals surface area contributed by atoms with Crippen molar-refractivity contribution in [2.75, 3.05) is 46.6 Å². The number of para-hydroxylation sites is 1. The first kappa shape index (κ1) is 32.7. The first-order chi connectivity index (χ1) is 21.3. The molecule has 11 nitrogen and oxygen atoms in total. The topological polar surface area (TPSA) is 138 Å². The Balaban J connectivity index is 1.40. The van der Waals surface area contributed by atoms with Crippen LogP contribution in [-0.4, -0.2) is 90.3 Å². The minimum absolute atomic E-state index is 0.000166. The SMILES string of the molecule is COC(=O)CC(NC(=O)[C@@H]1CCCN(C(=O)CCC2CCN(C(=O)O)CC2)C1)c1cncc(-c2ccccc2OCCF)c1. The van der Waals surface area contributed by atoms with Crippen molar-refractivity contribution in [2.24, 2.45) is 11.8 Å². The summed E-state index contributed by atoms with van der Waals surface area (Å²) in [5.41, 5.74) is 1.98. The Hall–Kier alpha value is -4.22. The van der Waals surface area contributed by atoms with Crippen LogP contribution in [0.4, 0.5) is 9.18 Å². The Bertz CT molecular complexity index is 1300. The second kappa shape index (κ2) is 16.0. The summed E-state index contributed by atoms with van der Waals surface area (Å²) in [6.07, 6.45) is 6.08. The van der Waals surface area contributed by atoms with Gasteiger partial charge >= 0.3 is 12.1 Å². The maximum absolute atomic E-state index is 13.5. The Morgan fingerprint density at radius 1 is 1.09 bits per heavy atom. The first-order valence-corrected chi connectivity index (χ1v) is 15.1. The number of nitrogens with zero attached hydrogens (tertiary/aromatic N) is 3. The zero-order valence-electron chi connectivity index (χ0n) is 25.1. The number of aromatic nitrogens is 1. The summed E-state index contributed by atoms with van der Waals surface area (Å²) in [5, 5.41) is 12.1. The van der Waals surface area contributed by atoms with Crippen LogP contribution in [0.5, 0.6) is 5.75 Å². The molecule has 3 amide bonds. The number of alkyl halides is 1. The van der Waals surface area contributed by atoms with E-state index in [2.05, 4.69) is 10.3 Å². The van der Waals surface area contributed by atoms with Crippen LogP contribution in [0.25, 0.3) is 11.1 Å². The predicted octanol–water partition coefficient (Wildman–Crippen LogP) is 4.23. The van der Waals surface area contributed by atoms with Crippen LogP contribution in [0.3, 0.4) is 0 Å². The van der Waals surface area contributed by atoms with E-state index in [1.54, 1.807) is 29.4 Å². The third-order valence-corrected chi connectivity index (χ3v) is 8.41. The Labute approximate surface area is 256 Å². The lowest BCUT2D eigenvalue weighted by atomic mass is 9.91. The number of carboxylic acid groups (broad SMARTS) is 1. The number of carbonyl (C=O) groups is 4. The second-order valence-electron chi connectivity index (χ2n) is 11.3. The van der Waals surface area contributed by atoms with Gasteiger partial charge in [-0.1, -0.05) is 18.2 Å². The number of hydrogen-bond acceptors (Lipinski definition) is 7. The van der Waals surface area contributed by atoms with Gasteiger partial charge in [-0.15, -0.1) is 0 Å². The summed E-state index contributed by atoms with van der Waals surface area (Å²) in [5.74, 6) is -0.381. The van der Waals surface area contributed by atoms with Gasteiger partial charge < -0.3 is 29.7 Å². The van der Waals surface area contributed by atoms with Crippen molar-refractivity contribution in [3.8, 4) is 16.9 Å². The molecule has 2 aliphatic heterocycles. The van der Waals surface area contributed by atoms with Gasteiger partial charge in [-0.3, -0.25) is 19.4 Å². The summed E-state index contributed by atoms with van der Waals surface area (Å²) < 4.78 is 23.2. The lowest BCUT2D eigenvalue weighted by Gasteiger charge is -2.34. The molecule has 2 fully saturated rings. The molecule has 12 heteroatoms. The molecule has 1 aromatic heterocycles. The molecule has 2 aromatic rings. The van der Waals surface area contributed by atoms with Gasteiger partial charge in [-0.25, -0.2) is 9.18 Å². The van der Waals surface area contributed by atoms with Crippen molar-refractivity contribution in [1.82, 2.24) is 20.1 Å². The number of ether oxygens (including phenoxy) is 2. The third-order valence-electron chi connectivity index (χ3n) is 8.41. The van der Waals surface area contributed by atoms with Gasteiger partial charge in [0.2, 0.25) is 11.8 Å². The smallest absolute Gasteiger partial charge is 0.407 e. The van der Waals surface area contributed by atoms with Crippen LogP contribution in [-0.2, 0) is 19.1 Å². The molecule has 0 spiro atoms. The molecule has 2 atom stereocenters. The molecule has 0 bridgehead atoms. The summed E-state index contributed by atoms with van der Waals surface area (Å²) in [6.45, 7) is 1.15. The van der Waals surface area contributed by atoms with Crippen molar-refractivity contribution in [2.45, 2.75) is 51.0 Å². The van der Waals surface area contributed by atoms with Gasteiger partial charge in [0.25, 0.3) is 0 Å². The maximum Gasteiger partial charge on any atom is 0.407 e. The van der Waals surface area contributed by atoms with Gasteiger partial charge in [0, 0.05) is 56.1 Å². The van der Waals surface area contributed by atoms with E-state index in [1.807, 2.05) is 18.2 Å². The highest BCUT2D eigenvalue weighted by Gasteiger charge is 2.31. The van der Waals surface area contributed by atoms with Crippen molar-refractivity contribution < 1.29 is 38.1 Å². The number of benzene rings is 1. The highest BCUT2D eigenvalue weighted by atomic mass is 19.1. The fourth-order valence-electron chi connectivity index (χ4n) is 5.88. The van der Waals surface area contributed by atoms with Gasteiger partial charge in [0.1, 0.15) is 19.0 Å². The fourth-order valence-corrected chi connectivity index (χ4v) is 5.88. The van der Waals surface area contributed by atoms with Crippen molar-refractivity contribution in [3.63, 3.8) is 0 Å². The Kier molecular flexibility index (Phi) is 11.9. The van der Waals surface area contributed by atoms with Crippen LogP contribution >= 0.6 is 0 Å². The second-order valence-corrected chi connectivity index (χ2v) is 11.3. The van der Waals surface area contributed by atoms with Crippen molar-refractivity contribution in [3.05, 3.63) is 48.3 Å². The Morgan fingerprint density at radius 2 is 1.86 bits per heavy atom. The molecule has 3 heterocycles. The highest BCUT2D eigenvalue weighted by Crippen LogP contribution is 2.32. The van der Waals surface area contributed by atoms with E-state index in [0.717, 1.165) is 12.8 Å². The van der Waals surface area contributed by atoms with Crippen LogP contribution in [0.1, 0.15) is 56.6 Å². The number of amides is 3. The molecule has 238 valence electrons. The summed E-state index contributed by atoms with van der Waals surface area (Å²) in [4.78, 5) is 57.6. The molecule has 4 rings (SSSR count). The molecular formula is C32H41FN4O7. The quantitative estimate of drug-likeness (QED) is 0.340. The summed E-state index contributed by atoms with van der Waals surface area (Å²) in [7, 11) is 1.29. The summed E-state index contributed by atoms with van der Waals surface area (Å²) >= 11 is 0. The van der Waals surface area contributed by atoms with E-state index in [9.17, 15) is 23.6 Å². The van der Waals surface area contributed by atoms with E-state index in [-0.39, 0.29) is 24.8 Å². The number of piperidine rings is 2. The van der Waals surface area contributed by atoms with Gasteiger partial charge in [-0.2, -0.15) is 0 Å². The molecule has 44 heavy (non-hydrogen) atoms. The molecule has 2 aliphatic rings. The number of hydrogen-bond donors (Lipinski definition) is 2. The molecule has 1 aromatic carbocycles. The molecule has 2 N–H and O–H groups in total. The van der Waals surface area contributed by atoms with Gasteiger partial charge in [0.05, 0.1) is 25.5 Å². The minimum atomic E-state index is -0.903. The van der Waals surface area contributed by atoms with E-state index >= 15 is 0 Å². The van der Waals surface area contributed by atoms with E-state index in [0.29, 0.717) is 80.2 Å². The molecule has 0 radical (unpaired) electrons. The number of halogens is 1. The lowest BCUT2D eigenvalue weighted by molar-refractivity contribution is -0.141. The van der Waals surface area contributed by atoms with E-state index in [1.165, 1.54) is 12.0 Å². The lowest BCUT2D eigenvalue weighted by Crippen LogP contribution is -2.46. The van der Waals surface area contributed by atoms with Crippen LogP contribution in [0.2, 0.25) is 0 Å². The summed E-state index contributed by atoms with van der Waals surface area (Å²) in [6, 6.07) is 8.28. The molecule has 2 saturated heterocycles. The first-order valence-electron chi connectivity index (χ1n) is 15.1. The number of nitrogens with one attached hydrogen (secondary N) is 1. The molecular weight excluding hydrogens is 571 g/mol. The standard InChI is InChI=1S/C32H41FN4O7/c1-43-30(39)18-27(25-17-24(19-34-20-25)26-6-2-3-7-28(26)44-16-12-33)35-31(40)23-5-4-13-37(21-23)29(38)9-8-22-10-14-36(15-11-22)32(41)42/h2-3,6-7,17,19-20,22-23,27H,4-5,8-16,18,21H2,1H3,(H,35,40)(H,41,42)/t23-,27?/m1/s1. The minimum Gasteiger partial charge on any atom is -0.490 e. The Morgan fingerprint density at radius 3 is 2.59 bits per heavy atom. The largest absolute Gasteiger partial charge is 0.490 e. The van der Waals surface area contributed by atoms with Crippen molar-refractivity contribution in [1.29, 1.82) is 0 Å². The number of methoxy groups -OCH3 is 1. The maximum atomic E-state index is 13.5. The number of pyridine rings is 1. The van der Waals surface area contributed by atoms with E-state index in [4.69, 9.17) is 14.6 Å². The zero-order chi connectivity index (χ0) is 31.5. The third kappa shape index (κ3) is 8.90. The van der Waals surface area contributed by atoms with Crippen LogP contribution < -0.4 is 10.1 Å². The average molecular weight is 613 g/mol. The monoisotopic (exact) mass is 612 g/mol. The van der Waals surface area contributed by atoms with Gasteiger partial charge in [-0.05, 0) is 55.7 Å². The number of esters is 1. The van der Waals surface area contributed by atoms with Gasteiger partial charge in [0.15, 0.2) is 0 Å². The number of rotatable bonds is 12. The van der Waals surface area contributed by atoms with Crippen LogP contribution in [0.15, 0.2) is 42.7 Å². The molecule has 1 unspecified atom stereocenters. The normalized spacial score (nSPS) is 17.9. The number of likely N-dealkylation sites (tertiary alicyclic amines) is 2. The van der Waals surface area contributed by atoms with Crippen LogP contribution in [0, 0.1) is 11.8 Å². The highest BCUT2D eigenvalue weighted by molar-refractivity contribution is 5.82. The zero-order valence-corrected chi connectivity index (χ0v) is 25.1. The fraction of sp³-hybridized carbons (Fsp3) is 0.531. The molecule has 0 saturated carbocycles. The van der Waals surface area contributed by atoms with Crippen molar-refractivity contribution >= 4 is 23.9 Å². The average Bonchev–Trinajstić information content (AvgIpc) is 3.06. The number of carbonyl (C=O) groups excluding carboxylic acids is 3. The van der Waals surface area contributed by atoms with E-state index < -0.39 is 30.7 Å². The predicted molar refractivity (Wildman–Crippen MR) is 160 cm³/mol.